The lowest BCUT2D eigenvalue weighted by molar-refractivity contribution is 0.114. The van der Waals surface area contributed by atoms with E-state index in [1.54, 1.807) is 6.21 Å². The van der Waals surface area contributed by atoms with Crippen LogP contribution < -0.4 is 15.5 Å². The quantitative estimate of drug-likeness (QED) is 0.479. The van der Waals surface area contributed by atoms with Crippen LogP contribution in [0.5, 0.6) is 5.75 Å². The maximum Gasteiger partial charge on any atom is 0.187 e. The summed E-state index contributed by atoms with van der Waals surface area (Å²) in [6.45, 7) is 4.14. The maximum atomic E-state index is 5.53. The molecule has 0 amide bonds. The van der Waals surface area contributed by atoms with Crippen molar-refractivity contribution in [1.29, 1.82) is 0 Å². The van der Waals surface area contributed by atoms with Crippen molar-refractivity contribution in [2.24, 2.45) is 5.10 Å². The van der Waals surface area contributed by atoms with Gasteiger partial charge in [-0.25, -0.2) is 0 Å². The van der Waals surface area contributed by atoms with Gasteiger partial charge in [0.1, 0.15) is 5.75 Å². The summed E-state index contributed by atoms with van der Waals surface area (Å²) in [4.78, 5) is 0. The largest absolute Gasteiger partial charge is 0.493 e. The lowest BCUT2D eigenvalue weighted by Crippen LogP contribution is -2.37. The molecule has 1 atom stereocenters. The number of rotatable bonds is 6. The maximum absolute atomic E-state index is 5.53. The van der Waals surface area contributed by atoms with E-state index in [1.807, 2.05) is 31.2 Å². The number of hydrazone groups is 1. The molecule has 1 aromatic carbocycles. The van der Waals surface area contributed by atoms with Gasteiger partial charge >= 0.3 is 0 Å². The third-order valence-electron chi connectivity index (χ3n) is 3.10. The number of nitrogens with zero attached hydrogens (tertiary/aromatic N) is 1. The van der Waals surface area contributed by atoms with E-state index in [9.17, 15) is 0 Å². The van der Waals surface area contributed by atoms with Crippen molar-refractivity contribution >= 4 is 23.5 Å². The van der Waals surface area contributed by atoms with Crippen molar-refractivity contribution in [2.75, 3.05) is 19.8 Å². The highest BCUT2D eigenvalue weighted by Crippen LogP contribution is 2.15. The number of hydrogen-bond acceptors (Lipinski definition) is 4. The highest BCUT2D eigenvalue weighted by Gasteiger charge is 2.14. The summed E-state index contributed by atoms with van der Waals surface area (Å²) in [6.07, 6.45) is 4.16. The number of para-hydroxylation sites is 1. The molecule has 0 bridgehead atoms. The van der Waals surface area contributed by atoms with Gasteiger partial charge in [-0.3, -0.25) is 5.43 Å². The minimum absolute atomic E-state index is 0.257. The van der Waals surface area contributed by atoms with E-state index in [2.05, 4.69) is 15.8 Å². The average Bonchev–Trinajstić information content (AvgIpc) is 3.00. The van der Waals surface area contributed by atoms with E-state index < -0.39 is 0 Å². The zero-order chi connectivity index (χ0) is 14.9. The van der Waals surface area contributed by atoms with E-state index in [0.717, 1.165) is 37.3 Å². The van der Waals surface area contributed by atoms with Crippen molar-refractivity contribution < 1.29 is 9.47 Å². The molecule has 2 rings (SSSR count). The Kier molecular flexibility index (Phi) is 6.43. The van der Waals surface area contributed by atoms with Crippen molar-refractivity contribution in [1.82, 2.24) is 10.7 Å². The van der Waals surface area contributed by atoms with E-state index in [4.69, 9.17) is 21.7 Å². The third-order valence-corrected chi connectivity index (χ3v) is 3.34. The van der Waals surface area contributed by atoms with Gasteiger partial charge in [-0.15, -0.1) is 0 Å². The minimum Gasteiger partial charge on any atom is -0.493 e. The van der Waals surface area contributed by atoms with Gasteiger partial charge in [-0.1, -0.05) is 12.1 Å². The molecule has 114 valence electrons. The number of nitrogens with one attached hydrogen (secondary N) is 2. The number of ether oxygens (including phenoxy) is 2. The fourth-order valence-corrected chi connectivity index (χ4v) is 2.22. The molecule has 0 saturated carbocycles. The Hall–Kier alpha value is -1.66. The molecule has 1 aliphatic rings. The molecule has 1 heterocycles. The van der Waals surface area contributed by atoms with Crippen LogP contribution in [0.2, 0.25) is 0 Å². The first-order valence-electron chi connectivity index (χ1n) is 7.20. The molecule has 1 aliphatic heterocycles. The lowest BCUT2D eigenvalue weighted by Gasteiger charge is -2.11. The molecule has 0 radical (unpaired) electrons. The molecule has 2 N–H and O–H groups in total. The summed E-state index contributed by atoms with van der Waals surface area (Å²) in [5.74, 6) is 0.809. The lowest BCUT2D eigenvalue weighted by atomic mass is 10.2. The van der Waals surface area contributed by atoms with Crippen LogP contribution in [-0.4, -0.2) is 37.2 Å². The van der Waals surface area contributed by atoms with Gasteiger partial charge in [0.2, 0.25) is 0 Å². The Morgan fingerprint density at radius 2 is 2.38 bits per heavy atom. The Morgan fingerprint density at radius 1 is 1.52 bits per heavy atom. The molecule has 1 aromatic rings. The van der Waals surface area contributed by atoms with Crippen LogP contribution in [0, 0.1) is 0 Å². The highest BCUT2D eigenvalue weighted by atomic mass is 32.1. The van der Waals surface area contributed by atoms with Gasteiger partial charge in [-0.05, 0) is 44.1 Å². The Bertz CT molecular complexity index is 488. The molecular weight excluding hydrogens is 286 g/mol. The van der Waals surface area contributed by atoms with Gasteiger partial charge in [-0.2, -0.15) is 5.10 Å². The van der Waals surface area contributed by atoms with E-state index >= 15 is 0 Å². The summed E-state index contributed by atoms with van der Waals surface area (Å²) in [7, 11) is 0. The topological polar surface area (TPSA) is 54.9 Å². The molecule has 5 nitrogen and oxygen atoms in total. The van der Waals surface area contributed by atoms with Gasteiger partial charge in [0.25, 0.3) is 0 Å². The zero-order valence-corrected chi connectivity index (χ0v) is 13.0. The van der Waals surface area contributed by atoms with Crippen molar-refractivity contribution in [3.8, 4) is 5.75 Å². The SMILES string of the molecule is CCOc1ccccc1/C=N\NC(=S)NC[C@@H]1CCCO1. The predicted octanol–water partition coefficient (Wildman–Crippen LogP) is 2.06. The molecule has 21 heavy (non-hydrogen) atoms. The van der Waals surface area contributed by atoms with Crippen LogP contribution in [0.25, 0.3) is 0 Å². The standard InChI is InChI=1S/C15H21N3O2S/c1-2-19-14-8-4-3-6-12(14)10-17-18-15(21)16-11-13-7-5-9-20-13/h3-4,6,8,10,13H,2,5,7,9,11H2,1H3,(H2,16,18,21)/b17-10-/t13-/m0/s1. The van der Waals surface area contributed by atoms with Crippen LogP contribution >= 0.6 is 12.2 Å². The fraction of sp³-hybridized carbons (Fsp3) is 0.467. The van der Waals surface area contributed by atoms with Gasteiger partial charge in [0.05, 0.1) is 18.9 Å². The number of thiocarbonyl (C=S) groups is 1. The first-order valence-corrected chi connectivity index (χ1v) is 7.60. The smallest absolute Gasteiger partial charge is 0.187 e. The average molecular weight is 307 g/mol. The van der Waals surface area contributed by atoms with Crippen LogP contribution in [0.4, 0.5) is 0 Å². The third kappa shape index (κ3) is 5.32. The Labute approximate surface area is 130 Å². The van der Waals surface area contributed by atoms with E-state index in [1.165, 1.54) is 0 Å². The zero-order valence-electron chi connectivity index (χ0n) is 12.2. The van der Waals surface area contributed by atoms with Crippen molar-refractivity contribution in [3.05, 3.63) is 29.8 Å². The van der Waals surface area contributed by atoms with Crippen molar-refractivity contribution in [2.45, 2.75) is 25.9 Å². The number of benzene rings is 1. The minimum atomic E-state index is 0.257. The molecule has 0 spiro atoms. The molecule has 0 aliphatic carbocycles. The fourth-order valence-electron chi connectivity index (χ4n) is 2.09. The van der Waals surface area contributed by atoms with Gasteiger partial charge < -0.3 is 14.8 Å². The molecular formula is C15H21N3O2S. The van der Waals surface area contributed by atoms with Crippen LogP contribution in [0.3, 0.4) is 0 Å². The molecule has 0 unspecified atom stereocenters. The Morgan fingerprint density at radius 3 is 3.14 bits per heavy atom. The first-order chi connectivity index (χ1) is 10.3. The van der Waals surface area contributed by atoms with E-state index in [-0.39, 0.29) is 6.10 Å². The first kappa shape index (κ1) is 15.7. The van der Waals surface area contributed by atoms with Gasteiger partial charge in [0.15, 0.2) is 5.11 Å². The van der Waals surface area contributed by atoms with Crippen LogP contribution in [0.1, 0.15) is 25.3 Å². The second kappa shape index (κ2) is 8.59. The van der Waals surface area contributed by atoms with E-state index in [0.29, 0.717) is 11.7 Å². The monoisotopic (exact) mass is 307 g/mol. The van der Waals surface area contributed by atoms with Crippen LogP contribution in [0.15, 0.2) is 29.4 Å². The van der Waals surface area contributed by atoms with Crippen molar-refractivity contribution in [3.63, 3.8) is 0 Å². The van der Waals surface area contributed by atoms with Gasteiger partial charge in [0, 0.05) is 18.7 Å². The Balaban J connectivity index is 1.77. The molecule has 1 fully saturated rings. The second-order valence-electron chi connectivity index (χ2n) is 4.69. The second-order valence-corrected chi connectivity index (χ2v) is 5.09. The summed E-state index contributed by atoms with van der Waals surface area (Å²) in [5, 5.41) is 7.73. The highest BCUT2D eigenvalue weighted by molar-refractivity contribution is 7.80. The predicted molar refractivity (Wildman–Crippen MR) is 87.9 cm³/mol. The molecule has 6 heteroatoms. The molecule has 1 saturated heterocycles. The molecule has 0 aromatic heterocycles. The van der Waals surface area contributed by atoms with Crippen LogP contribution in [-0.2, 0) is 4.74 Å². The summed E-state index contributed by atoms with van der Waals surface area (Å²) < 4.78 is 11.0. The summed E-state index contributed by atoms with van der Waals surface area (Å²) >= 11 is 5.17. The summed E-state index contributed by atoms with van der Waals surface area (Å²) in [6, 6.07) is 7.74. The summed E-state index contributed by atoms with van der Waals surface area (Å²) in [5.41, 5.74) is 3.71. The normalized spacial score (nSPS) is 17.9. The number of hydrogen-bond donors (Lipinski definition) is 2.